The van der Waals surface area contributed by atoms with Gasteiger partial charge in [-0.1, -0.05) is 11.8 Å². The molecule has 1 aromatic heterocycles. The Hall–Kier alpha value is -1.35. The van der Waals surface area contributed by atoms with E-state index in [1.165, 1.54) is 11.3 Å². The maximum atomic E-state index is 12.5. The molecule has 0 bridgehead atoms. The van der Waals surface area contributed by atoms with Crippen LogP contribution in [0, 0.1) is 11.8 Å². The first kappa shape index (κ1) is 14.1. The zero-order valence-corrected chi connectivity index (χ0v) is 12.0. The maximum absolute atomic E-state index is 12.5. The summed E-state index contributed by atoms with van der Waals surface area (Å²) in [6, 6.07) is 1.89. The van der Waals surface area contributed by atoms with E-state index >= 15 is 0 Å². The number of hydrogen-bond donors (Lipinski definition) is 1. The van der Waals surface area contributed by atoms with Crippen molar-refractivity contribution in [3.63, 3.8) is 0 Å². The molecule has 1 aromatic rings. The molecule has 19 heavy (non-hydrogen) atoms. The predicted molar refractivity (Wildman–Crippen MR) is 78.3 cm³/mol. The SMILES string of the molecule is CN1CCCN(C(=O)c2sccc2C#CCN)CC1. The van der Waals surface area contributed by atoms with Crippen LogP contribution in [0.2, 0.25) is 0 Å². The molecule has 1 aliphatic heterocycles. The van der Waals surface area contributed by atoms with Crippen LogP contribution in [-0.4, -0.2) is 55.5 Å². The van der Waals surface area contributed by atoms with E-state index < -0.39 is 0 Å². The standard InChI is InChI=1S/C14H19N3OS/c1-16-7-3-8-17(10-9-16)14(18)13-12(4-2-6-15)5-11-19-13/h5,11H,3,6-10,15H2,1H3. The Morgan fingerprint density at radius 3 is 3.05 bits per heavy atom. The van der Waals surface area contributed by atoms with Crippen molar-refractivity contribution in [1.82, 2.24) is 9.80 Å². The number of carbonyl (C=O) groups excluding carboxylic acids is 1. The third-order valence-corrected chi connectivity index (χ3v) is 4.09. The minimum absolute atomic E-state index is 0.103. The van der Waals surface area contributed by atoms with Crippen molar-refractivity contribution in [2.24, 2.45) is 5.73 Å². The molecule has 102 valence electrons. The monoisotopic (exact) mass is 277 g/mol. The van der Waals surface area contributed by atoms with Crippen molar-refractivity contribution >= 4 is 17.2 Å². The highest BCUT2D eigenvalue weighted by atomic mass is 32.1. The van der Waals surface area contributed by atoms with Gasteiger partial charge in [-0.15, -0.1) is 11.3 Å². The van der Waals surface area contributed by atoms with Gasteiger partial charge in [-0.25, -0.2) is 0 Å². The maximum Gasteiger partial charge on any atom is 0.265 e. The lowest BCUT2D eigenvalue weighted by atomic mass is 10.2. The van der Waals surface area contributed by atoms with Gasteiger partial charge < -0.3 is 15.5 Å². The van der Waals surface area contributed by atoms with Gasteiger partial charge in [-0.2, -0.15) is 0 Å². The summed E-state index contributed by atoms with van der Waals surface area (Å²) < 4.78 is 0. The first-order valence-electron chi connectivity index (χ1n) is 6.46. The molecule has 2 rings (SSSR count). The molecular formula is C14H19N3OS. The van der Waals surface area contributed by atoms with E-state index in [4.69, 9.17) is 5.73 Å². The molecule has 0 aliphatic carbocycles. The fourth-order valence-corrected chi connectivity index (χ4v) is 2.93. The van der Waals surface area contributed by atoms with Crippen LogP contribution >= 0.6 is 11.3 Å². The van der Waals surface area contributed by atoms with Crippen LogP contribution in [0.3, 0.4) is 0 Å². The van der Waals surface area contributed by atoms with Crippen LogP contribution in [0.4, 0.5) is 0 Å². The van der Waals surface area contributed by atoms with E-state index in [1.807, 2.05) is 16.3 Å². The Labute approximate surface area is 118 Å². The second-order valence-electron chi connectivity index (χ2n) is 4.62. The molecular weight excluding hydrogens is 258 g/mol. The lowest BCUT2D eigenvalue weighted by Crippen LogP contribution is -2.34. The van der Waals surface area contributed by atoms with Gasteiger partial charge in [-0.05, 0) is 31.5 Å². The smallest absolute Gasteiger partial charge is 0.265 e. The Morgan fingerprint density at radius 1 is 1.42 bits per heavy atom. The van der Waals surface area contributed by atoms with E-state index in [1.54, 1.807) is 0 Å². The third kappa shape index (κ3) is 3.57. The van der Waals surface area contributed by atoms with Gasteiger partial charge >= 0.3 is 0 Å². The summed E-state index contributed by atoms with van der Waals surface area (Å²) in [6.07, 6.45) is 1.03. The Bertz CT molecular complexity index is 500. The first-order chi connectivity index (χ1) is 9.22. The van der Waals surface area contributed by atoms with Gasteiger partial charge in [0.25, 0.3) is 5.91 Å². The molecule has 0 atom stereocenters. The van der Waals surface area contributed by atoms with Crippen LogP contribution in [0.25, 0.3) is 0 Å². The largest absolute Gasteiger partial charge is 0.337 e. The summed E-state index contributed by atoms with van der Waals surface area (Å²) in [6.45, 7) is 3.91. The quantitative estimate of drug-likeness (QED) is 0.774. The number of nitrogens with zero attached hydrogens (tertiary/aromatic N) is 2. The van der Waals surface area contributed by atoms with Gasteiger partial charge in [-0.3, -0.25) is 4.79 Å². The zero-order chi connectivity index (χ0) is 13.7. The number of carbonyl (C=O) groups is 1. The Kier molecular flexibility index (Phi) is 4.97. The molecule has 1 amide bonds. The molecule has 2 heterocycles. The summed E-state index contributed by atoms with van der Waals surface area (Å²) in [4.78, 5) is 17.5. The van der Waals surface area contributed by atoms with Gasteiger partial charge in [0, 0.05) is 25.2 Å². The molecule has 0 spiro atoms. The first-order valence-corrected chi connectivity index (χ1v) is 7.34. The van der Waals surface area contributed by atoms with Crippen molar-refractivity contribution in [3.8, 4) is 11.8 Å². The van der Waals surface area contributed by atoms with Crippen molar-refractivity contribution < 1.29 is 4.79 Å². The van der Waals surface area contributed by atoms with Gasteiger partial charge in [0.2, 0.25) is 0 Å². The summed E-state index contributed by atoms with van der Waals surface area (Å²) in [5.74, 6) is 5.89. The van der Waals surface area contributed by atoms with Crippen LogP contribution < -0.4 is 5.73 Å². The van der Waals surface area contributed by atoms with Crippen molar-refractivity contribution in [3.05, 3.63) is 21.9 Å². The topological polar surface area (TPSA) is 49.6 Å². The Balaban J connectivity index is 2.13. The number of hydrogen-bond acceptors (Lipinski definition) is 4. The van der Waals surface area contributed by atoms with E-state index in [0.717, 1.165) is 43.0 Å². The molecule has 0 saturated carbocycles. The van der Waals surface area contributed by atoms with Crippen LogP contribution in [0.5, 0.6) is 0 Å². The molecule has 1 fully saturated rings. The number of amides is 1. The highest BCUT2D eigenvalue weighted by molar-refractivity contribution is 7.12. The fourth-order valence-electron chi connectivity index (χ4n) is 2.11. The summed E-state index contributed by atoms with van der Waals surface area (Å²) in [7, 11) is 2.09. The van der Waals surface area contributed by atoms with Crippen molar-refractivity contribution in [2.75, 3.05) is 39.8 Å². The molecule has 5 heteroatoms. The molecule has 1 aliphatic rings. The lowest BCUT2D eigenvalue weighted by Gasteiger charge is -2.20. The van der Waals surface area contributed by atoms with Crippen molar-refractivity contribution in [1.29, 1.82) is 0 Å². The average Bonchev–Trinajstić information content (AvgIpc) is 2.77. The minimum atomic E-state index is 0.103. The normalized spacial score (nSPS) is 16.6. The second kappa shape index (κ2) is 6.71. The van der Waals surface area contributed by atoms with E-state index in [-0.39, 0.29) is 5.91 Å². The molecule has 4 nitrogen and oxygen atoms in total. The zero-order valence-electron chi connectivity index (χ0n) is 11.2. The number of thiophene rings is 1. The third-order valence-electron chi connectivity index (χ3n) is 3.19. The highest BCUT2D eigenvalue weighted by Crippen LogP contribution is 2.19. The summed E-state index contributed by atoms with van der Waals surface area (Å²) >= 11 is 1.46. The highest BCUT2D eigenvalue weighted by Gasteiger charge is 2.21. The van der Waals surface area contributed by atoms with Crippen molar-refractivity contribution in [2.45, 2.75) is 6.42 Å². The molecule has 2 N–H and O–H groups in total. The molecule has 0 radical (unpaired) electrons. The molecule has 1 saturated heterocycles. The predicted octanol–water partition coefficient (Wildman–Crippen LogP) is 0.836. The van der Waals surface area contributed by atoms with Gasteiger partial charge in [0.05, 0.1) is 6.54 Å². The molecule has 0 aromatic carbocycles. The van der Waals surface area contributed by atoms with E-state index in [2.05, 4.69) is 23.8 Å². The van der Waals surface area contributed by atoms with Gasteiger partial charge in [0.15, 0.2) is 0 Å². The average molecular weight is 277 g/mol. The number of rotatable bonds is 1. The fraction of sp³-hybridized carbons (Fsp3) is 0.500. The minimum Gasteiger partial charge on any atom is -0.337 e. The second-order valence-corrected chi connectivity index (χ2v) is 5.53. The Morgan fingerprint density at radius 2 is 2.26 bits per heavy atom. The van der Waals surface area contributed by atoms with E-state index in [9.17, 15) is 4.79 Å². The summed E-state index contributed by atoms with van der Waals surface area (Å²) in [5.41, 5.74) is 6.18. The van der Waals surface area contributed by atoms with Gasteiger partial charge in [0.1, 0.15) is 4.88 Å². The number of likely N-dealkylation sites (N-methyl/N-ethyl adjacent to an activating group) is 1. The van der Waals surface area contributed by atoms with Crippen LogP contribution in [0.15, 0.2) is 11.4 Å². The molecule has 0 unspecified atom stereocenters. The number of nitrogens with two attached hydrogens (primary N) is 1. The van der Waals surface area contributed by atoms with Crippen LogP contribution in [0.1, 0.15) is 21.7 Å². The van der Waals surface area contributed by atoms with Crippen LogP contribution in [-0.2, 0) is 0 Å². The summed E-state index contributed by atoms with van der Waals surface area (Å²) in [5, 5.41) is 1.91. The van der Waals surface area contributed by atoms with E-state index in [0.29, 0.717) is 6.54 Å². The lowest BCUT2D eigenvalue weighted by molar-refractivity contribution is 0.0767.